The van der Waals surface area contributed by atoms with Crippen LogP contribution in [-0.2, 0) is 4.74 Å². The minimum absolute atomic E-state index is 0.112. The number of hydrogen-bond donors (Lipinski definition) is 2. The number of methoxy groups -OCH3 is 1. The third kappa shape index (κ3) is 3.74. The summed E-state index contributed by atoms with van der Waals surface area (Å²) in [5.74, 6) is 0.619. The minimum Gasteiger partial charge on any atom is -0.394 e. The number of aliphatic hydroxyl groups excluding tert-OH is 1. The van der Waals surface area contributed by atoms with Gasteiger partial charge in [0.15, 0.2) is 0 Å². The van der Waals surface area contributed by atoms with Gasteiger partial charge in [0.1, 0.15) is 0 Å². The SMILES string of the molecule is COCCN[C@@](C)(CO)C1CCCCC1. The Morgan fingerprint density at radius 2 is 2.00 bits per heavy atom. The van der Waals surface area contributed by atoms with E-state index >= 15 is 0 Å². The van der Waals surface area contributed by atoms with Crippen molar-refractivity contribution in [1.29, 1.82) is 0 Å². The normalized spacial score (nSPS) is 22.6. The van der Waals surface area contributed by atoms with Crippen LogP contribution < -0.4 is 5.32 Å². The molecule has 2 N–H and O–H groups in total. The highest BCUT2D eigenvalue weighted by Gasteiger charge is 2.33. The van der Waals surface area contributed by atoms with Gasteiger partial charge in [-0.1, -0.05) is 19.3 Å². The van der Waals surface area contributed by atoms with Gasteiger partial charge in [-0.2, -0.15) is 0 Å². The van der Waals surface area contributed by atoms with E-state index in [9.17, 15) is 5.11 Å². The van der Waals surface area contributed by atoms with E-state index in [4.69, 9.17) is 4.74 Å². The van der Waals surface area contributed by atoms with Gasteiger partial charge in [0.2, 0.25) is 0 Å². The fourth-order valence-corrected chi connectivity index (χ4v) is 2.51. The lowest BCUT2D eigenvalue weighted by Gasteiger charge is -2.39. The fourth-order valence-electron chi connectivity index (χ4n) is 2.51. The molecule has 1 saturated carbocycles. The number of ether oxygens (including phenoxy) is 1. The van der Waals surface area contributed by atoms with Crippen LogP contribution in [0.25, 0.3) is 0 Å². The Morgan fingerprint density at radius 3 is 2.53 bits per heavy atom. The van der Waals surface area contributed by atoms with E-state index in [1.807, 2.05) is 0 Å². The largest absolute Gasteiger partial charge is 0.394 e. The molecule has 3 nitrogen and oxygen atoms in total. The zero-order valence-corrected chi connectivity index (χ0v) is 10.1. The quantitative estimate of drug-likeness (QED) is 0.661. The van der Waals surface area contributed by atoms with Gasteiger partial charge in [-0.25, -0.2) is 0 Å². The Labute approximate surface area is 93.2 Å². The van der Waals surface area contributed by atoms with Gasteiger partial charge >= 0.3 is 0 Å². The molecule has 0 aromatic rings. The summed E-state index contributed by atoms with van der Waals surface area (Å²) in [6.45, 7) is 3.90. The Bertz CT molecular complexity index is 169. The summed E-state index contributed by atoms with van der Waals surface area (Å²) in [6, 6.07) is 0. The molecule has 3 heteroatoms. The van der Waals surface area contributed by atoms with E-state index < -0.39 is 0 Å². The van der Waals surface area contributed by atoms with Crippen LogP contribution in [0.5, 0.6) is 0 Å². The van der Waals surface area contributed by atoms with Crippen molar-refractivity contribution in [2.45, 2.75) is 44.6 Å². The van der Waals surface area contributed by atoms with E-state index in [1.165, 1.54) is 32.1 Å². The van der Waals surface area contributed by atoms with E-state index in [0.717, 1.165) is 6.54 Å². The summed E-state index contributed by atoms with van der Waals surface area (Å²) in [7, 11) is 1.71. The molecular formula is C12H25NO2. The van der Waals surface area contributed by atoms with E-state index in [2.05, 4.69) is 12.2 Å². The summed E-state index contributed by atoms with van der Waals surface area (Å²) < 4.78 is 5.02. The molecule has 0 bridgehead atoms. The Morgan fingerprint density at radius 1 is 1.33 bits per heavy atom. The number of rotatable bonds is 6. The molecule has 90 valence electrons. The molecule has 0 saturated heterocycles. The predicted molar refractivity (Wildman–Crippen MR) is 61.9 cm³/mol. The molecule has 0 heterocycles. The van der Waals surface area contributed by atoms with E-state index in [0.29, 0.717) is 12.5 Å². The second-order valence-corrected chi connectivity index (χ2v) is 4.83. The highest BCUT2D eigenvalue weighted by molar-refractivity contribution is 4.91. The molecular weight excluding hydrogens is 190 g/mol. The zero-order valence-electron chi connectivity index (χ0n) is 10.1. The predicted octanol–water partition coefficient (Wildman–Crippen LogP) is 1.55. The average Bonchev–Trinajstić information content (AvgIpc) is 2.30. The lowest BCUT2D eigenvalue weighted by Crippen LogP contribution is -2.53. The summed E-state index contributed by atoms with van der Waals surface area (Å²) in [4.78, 5) is 0. The summed E-state index contributed by atoms with van der Waals surface area (Å²) in [5.41, 5.74) is -0.112. The molecule has 0 aromatic heterocycles. The van der Waals surface area contributed by atoms with E-state index in [-0.39, 0.29) is 12.1 Å². The van der Waals surface area contributed by atoms with Crippen LogP contribution in [0.1, 0.15) is 39.0 Å². The molecule has 1 aliphatic carbocycles. The van der Waals surface area contributed by atoms with Crippen LogP contribution in [0.2, 0.25) is 0 Å². The van der Waals surface area contributed by atoms with Gasteiger partial charge in [0.05, 0.1) is 13.2 Å². The lowest BCUT2D eigenvalue weighted by atomic mass is 9.76. The van der Waals surface area contributed by atoms with Gasteiger partial charge in [-0.05, 0) is 25.7 Å². The topological polar surface area (TPSA) is 41.5 Å². The molecule has 1 rings (SSSR count). The Balaban J connectivity index is 2.41. The van der Waals surface area contributed by atoms with Gasteiger partial charge in [0, 0.05) is 19.2 Å². The van der Waals surface area contributed by atoms with Crippen LogP contribution in [-0.4, -0.2) is 37.5 Å². The molecule has 0 spiro atoms. The maximum atomic E-state index is 9.53. The first-order valence-electron chi connectivity index (χ1n) is 6.08. The molecule has 1 atom stereocenters. The first-order valence-corrected chi connectivity index (χ1v) is 6.08. The second kappa shape index (κ2) is 6.46. The van der Waals surface area contributed by atoms with Gasteiger partial charge < -0.3 is 15.2 Å². The first-order chi connectivity index (χ1) is 7.23. The molecule has 0 radical (unpaired) electrons. The monoisotopic (exact) mass is 215 g/mol. The average molecular weight is 215 g/mol. The first kappa shape index (κ1) is 12.9. The summed E-state index contributed by atoms with van der Waals surface area (Å²) >= 11 is 0. The van der Waals surface area contributed by atoms with Crippen molar-refractivity contribution in [3.8, 4) is 0 Å². The van der Waals surface area contributed by atoms with Crippen molar-refractivity contribution in [3.63, 3.8) is 0 Å². The second-order valence-electron chi connectivity index (χ2n) is 4.83. The number of aliphatic hydroxyl groups is 1. The van der Waals surface area contributed by atoms with Crippen molar-refractivity contribution < 1.29 is 9.84 Å². The van der Waals surface area contributed by atoms with Gasteiger partial charge in [0.25, 0.3) is 0 Å². The highest BCUT2D eigenvalue weighted by atomic mass is 16.5. The van der Waals surface area contributed by atoms with Crippen LogP contribution in [0.15, 0.2) is 0 Å². The minimum atomic E-state index is -0.112. The third-order valence-corrected chi connectivity index (χ3v) is 3.67. The van der Waals surface area contributed by atoms with Crippen molar-refractivity contribution in [1.82, 2.24) is 5.32 Å². The fraction of sp³-hybridized carbons (Fsp3) is 1.00. The van der Waals surface area contributed by atoms with Gasteiger partial charge in [-0.15, -0.1) is 0 Å². The summed E-state index contributed by atoms with van der Waals surface area (Å²) in [5, 5.41) is 13.0. The molecule has 0 aliphatic heterocycles. The molecule has 0 amide bonds. The maximum Gasteiger partial charge on any atom is 0.0613 e. The molecule has 1 fully saturated rings. The van der Waals surface area contributed by atoms with Crippen LogP contribution >= 0.6 is 0 Å². The highest BCUT2D eigenvalue weighted by Crippen LogP contribution is 2.32. The van der Waals surface area contributed by atoms with Crippen molar-refractivity contribution in [2.75, 3.05) is 26.9 Å². The third-order valence-electron chi connectivity index (χ3n) is 3.67. The van der Waals surface area contributed by atoms with Gasteiger partial charge in [-0.3, -0.25) is 0 Å². The maximum absolute atomic E-state index is 9.53. The molecule has 15 heavy (non-hydrogen) atoms. The van der Waals surface area contributed by atoms with Crippen molar-refractivity contribution in [2.24, 2.45) is 5.92 Å². The van der Waals surface area contributed by atoms with Crippen molar-refractivity contribution >= 4 is 0 Å². The molecule has 0 unspecified atom stereocenters. The standard InChI is InChI=1S/C12H25NO2/c1-12(10-14,13-8-9-15-2)11-6-4-3-5-7-11/h11,13-14H,3-10H2,1-2H3/t12-/m0/s1. The lowest BCUT2D eigenvalue weighted by molar-refractivity contribution is 0.0855. The smallest absolute Gasteiger partial charge is 0.0613 e. The van der Waals surface area contributed by atoms with Crippen LogP contribution in [0.4, 0.5) is 0 Å². The Hall–Kier alpha value is -0.120. The Kier molecular flexibility index (Phi) is 5.58. The van der Waals surface area contributed by atoms with Crippen molar-refractivity contribution in [3.05, 3.63) is 0 Å². The number of nitrogens with one attached hydrogen (secondary N) is 1. The number of hydrogen-bond acceptors (Lipinski definition) is 3. The van der Waals surface area contributed by atoms with Crippen LogP contribution in [0, 0.1) is 5.92 Å². The molecule has 1 aliphatic rings. The van der Waals surface area contributed by atoms with E-state index in [1.54, 1.807) is 7.11 Å². The zero-order chi connectivity index (χ0) is 11.1. The summed E-state index contributed by atoms with van der Waals surface area (Å²) in [6.07, 6.45) is 6.47. The molecule has 0 aromatic carbocycles. The van der Waals surface area contributed by atoms with Crippen LogP contribution in [0.3, 0.4) is 0 Å².